The van der Waals surface area contributed by atoms with Gasteiger partial charge in [-0.15, -0.1) is 0 Å². The minimum atomic E-state index is 0.605. The quantitative estimate of drug-likeness (QED) is 0.377. The lowest BCUT2D eigenvalue weighted by molar-refractivity contribution is -0.114. The summed E-state index contributed by atoms with van der Waals surface area (Å²) in [5.74, 6) is 7.50. The van der Waals surface area contributed by atoms with Crippen molar-refractivity contribution in [3.63, 3.8) is 0 Å². The van der Waals surface area contributed by atoms with E-state index in [1.807, 2.05) is 24.3 Å². The van der Waals surface area contributed by atoms with E-state index < -0.39 is 0 Å². The van der Waals surface area contributed by atoms with Crippen molar-refractivity contribution in [3.8, 4) is 5.75 Å². The molecular formula is C33H53NO. The Labute approximate surface area is 216 Å². The second-order valence-corrected chi connectivity index (χ2v) is 14.0. The zero-order valence-electron chi connectivity index (χ0n) is 23.2. The van der Waals surface area contributed by atoms with E-state index in [0.29, 0.717) is 16.7 Å². The molecule has 4 aliphatic rings. The van der Waals surface area contributed by atoms with E-state index in [1.165, 1.54) is 70.6 Å². The van der Waals surface area contributed by atoms with Crippen LogP contribution in [0.1, 0.15) is 111 Å². The molecule has 0 spiro atoms. The van der Waals surface area contributed by atoms with Crippen LogP contribution >= 0.6 is 0 Å². The first-order valence-electron chi connectivity index (χ1n) is 15.3. The van der Waals surface area contributed by atoms with Gasteiger partial charge in [0, 0.05) is 5.69 Å². The molecule has 5 rings (SSSR count). The van der Waals surface area contributed by atoms with E-state index in [0.717, 1.165) is 53.6 Å². The van der Waals surface area contributed by atoms with Gasteiger partial charge in [-0.1, -0.05) is 53.4 Å². The maximum absolute atomic E-state index is 6.01. The molecule has 2 nitrogen and oxygen atoms in total. The van der Waals surface area contributed by atoms with Gasteiger partial charge in [0.05, 0.1) is 6.61 Å². The van der Waals surface area contributed by atoms with Crippen molar-refractivity contribution in [2.24, 2.45) is 52.3 Å². The molecule has 2 heteroatoms. The zero-order valence-corrected chi connectivity index (χ0v) is 23.2. The topological polar surface area (TPSA) is 35.2 Å². The fourth-order valence-corrected chi connectivity index (χ4v) is 10.1. The highest BCUT2D eigenvalue weighted by molar-refractivity contribution is 5.41. The Morgan fingerprint density at radius 1 is 0.857 bits per heavy atom. The zero-order chi connectivity index (χ0) is 24.6. The molecule has 4 fully saturated rings. The average molecular weight is 480 g/mol. The molecule has 1 aromatic carbocycles. The van der Waals surface area contributed by atoms with Crippen LogP contribution in [0.5, 0.6) is 5.75 Å². The smallest absolute Gasteiger partial charge is 0.119 e. The summed E-state index contributed by atoms with van der Waals surface area (Å²) in [7, 11) is 0. The summed E-state index contributed by atoms with van der Waals surface area (Å²) >= 11 is 0. The Hall–Kier alpha value is -1.18. The molecule has 4 aliphatic carbocycles. The number of anilines is 1. The first kappa shape index (κ1) is 25.5. The summed E-state index contributed by atoms with van der Waals surface area (Å²) in [5.41, 5.74) is 7.88. The fourth-order valence-electron chi connectivity index (χ4n) is 10.1. The predicted octanol–water partition coefficient (Wildman–Crippen LogP) is 9.14. The van der Waals surface area contributed by atoms with Crippen molar-refractivity contribution in [1.82, 2.24) is 0 Å². The molecule has 0 bridgehead atoms. The van der Waals surface area contributed by atoms with E-state index >= 15 is 0 Å². The Bertz CT molecular complexity index is 834. The second kappa shape index (κ2) is 10.3. The van der Waals surface area contributed by atoms with Gasteiger partial charge in [0.1, 0.15) is 5.75 Å². The van der Waals surface area contributed by atoms with Gasteiger partial charge in [-0.2, -0.15) is 0 Å². The van der Waals surface area contributed by atoms with Gasteiger partial charge in [-0.25, -0.2) is 0 Å². The second-order valence-electron chi connectivity index (χ2n) is 14.0. The fraction of sp³-hybridized carbons (Fsp3) is 0.818. The van der Waals surface area contributed by atoms with Gasteiger partial charge in [-0.05, 0) is 134 Å². The Kier molecular flexibility index (Phi) is 7.49. The van der Waals surface area contributed by atoms with Crippen LogP contribution in [0.4, 0.5) is 5.69 Å². The molecule has 0 radical (unpaired) electrons. The molecule has 0 aliphatic heterocycles. The number of fused-ring (bicyclic) bond motifs is 5. The first-order valence-corrected chi connectivity index (χ1v) is 15.3. The number of hydrogen-bond donors (Lipinski definition) is 1. The number of benzene rings is 1. The van der Waals surface area contributed by atoms with Crippen LogP contribution in [0.3, 0.4) is 0 Å². The van der Waals surface area contributed by atoms with Gasteiger partial charge in [0.15, 0.2) is 0 Å². The van der Waals surface area contributed by atoms with Crippen LogP contribution in [-0.2, 0) is 0 Å². The maximum atomic E-state index is 6.01. The lowest BCUT2D eigenvalue weighted by atomic mass is 9.44. The number of nitrogen functional groups attached to an aromatic ring is 1. The van der Waals surface area contributed by atoms with E-state index in [9.17, 15) is 0 Å². The molecule has 35 heavy (non-hydrogen) atoms. The van der Waals surface area contributed by atoms with Crippen molar-refractivity contribution in [3.05, 3.63) is 24.3 Å². The number of rotatable bonds is 8. The summed E-state index contributed by atoms with van der Waals surface area (Å²) in [6.07, 6.45) is 19.3. The number of hydrogen-bond acceptors (Lipinski definition) is 2. The molecule has 1 aromatic rings. The molecule has 4 saturated carbocycles. The van der Waals surface area contributed by atoms with Crippen molar-refractivity contribution < 1.29 is 4.74 Å². The van der Waals surface area contributed by atoms with Gasteiger partial charge >= 0.3 is 0 Å². The van der Waals surface area contributed by atoms with Crippen LogP contribution in [0, 0.1) is 52.3 Å². The maximum Gasteiger partial charge on any atom is 0.119 e. The first-order chi connectivity index (χ1) is 16.8. The van der Waals surface area contributed by atoms with Crippen molar-refractivity contribution in [1.29, 1.82) is 0 Å². The van der Waals surface area contributed by atoms with Crippen LogP contribution in [0.25, 0.3) is 0 Å². The van der Waals surface area contributed by atoms with Gasteiger partial charge in [0.2, 0.25) is 0 Å². The highest BCUT2D eigenvalue weighted by Gasteiger charge is 2.60. The Balaban J connectivity index is 1.12. The molecule has 0 saturated heterocycles. The molecular weight excluding hydrogens is 426 g/mol. The van der Waals surface area contributed by atoms with E-state index in [4.69, 9.17) is 10.5 Å². The van der Waals surface area contributed by atoms with Gasteiger partial charge in [0.25, 0.3) is 0 Å². The van der Waals surface area contributed by atoms with Crippen molar-refractivity contribution in [2.75, 3.05) is 12.3 Å². The third kappa shape index (κ3) is 4.89. The summed E-state index contributed by atoms with van der Waals surface area (Å²) in [6.45, 7) is 11.2. The third-order valence-electron chi connectivity index (χ3n) is 12.1. The van der Waals surface area contributed by atoms with E-state index in [2.05, 4.69) is 27.7 Å². The lowest BCUT2D eigenvalue weighted by Gasteiger charge is -2.61. The Morgan fingerprint density at radius 2 is 1.63 bits per heavy atom. The number of nitrogens with two attached hydrogens (primary N) is 1. The minimum absolute atomic E-state index is 0.605. The highest BCUT2D eigenvalue weighted by Crippen LogP contribution is 2.68. The van der Waals surface area contributed by atoms with Crippen LogP contribution in [-0.4, -0.2) is 6.61 Å². The van der Waals surface area contributed by atoms with Crippen LogP contribution in [0.15, 0.2) is 24.3 Å². The summed E-state index contributed by atoms with van der Waals surface area (Å²) in [4.78, 5) is 0. The minimum Gasteiger partial charge on any atom is -0.493 e. The van der Waals surface area contributed by atoms with Crippen molar-refractivity contribution in [2.45, 2.75) is 111 Å². The number of ether oxygens (including phenoxy) is 1. The summed E-state index contributed by atoms with van der Waals surface area (Å²) in [6, 6.07) is 7.81. The molecule has 2 unspecified atom stereocenters. The molecule has 0 amide bonds. The molecule has 0 aromatic heterocycles. The molecule has 2 N–H and O–H groups in total. The van der Waals surface area contributed by atoms with Crippen LogP contribution < -0.4 is 10.5 Å². The summed E-state index contributed by atoms with van der Waals surface area (Å²) < 4.78 is 6.01. The normalized spacial score (nSPS) is 40.3. The third-order valence-corrected chi connectivity index (χ3v) is 12.1. The van der Waals surface area contributed by atoms with E-state index in [-0.39, 0.29) is 0 Å². The SMILES string of the molecule is CC(CCC[C@@H](C)[C@H]1CC[C@H]2[C@@H]3CCC4CCCC[C@]4(C)[C@H]3CC[C@]12C)COc1ccc(N)cc1. The highest BCUT2D eigenvalue weighted by atomic mass is 16.5. The van der Waals surface area contributed by atoms with Gasteiger partial charge in [-0.3, -0.25) is 0 Å². The molecule has 196 valence electrons. The standard InChI is InChI=1S/C33H53NO/c1-23(22-35-27-14-12-26(34)13-15-27)8-7-9-24(2)29-17-18-30-28-16-11-25-10-5-6-20-32(25,3)31(28)19-21-33(29,30)4/h12-15,23-25,28-31H,5-11,16-22,34H2,1-4H3/t23?,24-,25?,28+,29-,30+,31+,32+,33-/m1/s1. The molecule has 0 heterocycles. The lowest BCUT2D eigenvalue weighted by Crippen LogP contribution is -2.53. The van der Waals surface area contributed by atoms with Gasteiger partial charge < -0.3 is 10.5 Å². The largest absolute Gasteiger partial charge is 0.493 e. The van der Waals surface area contributed by atoms with E-state index in [1.54, 1.807) is 12.8 Å². The predicted molar refractivity (Wildman–Crippen MR) is 148 cm³/mol. The van der Waals surface area contributed by atoms with Crippen LogP contribution in [0.2, 0.25) is 0 Å². The molecule has 9 atom stereocenters. The monoisotopic (exact) mass is 479 g/mol. The Morgan fingerprint density at radius 3 is 2.43 bits per heavy atom. The summed E-state index contributed by atoms with van der Waals surface area (Å²) in [5, 5.41) is 0. The average Bonchev–Trinajstić information content (AvgIpc) is 3.20. The van der Waals surface area contributed by atoms with Crippen molar-refractivity contribution >= 4 is 5.69 Å².